The van der Waals surface area contributed by atoms with Crippen molar-refractivity contribution in [2.45, 2.75) is 50.8 Å². The monoisotopic (exact) mass is 462 g/mol. The van der Waals surface area contributed by atoms with E-state index >= 15 is 0 Å². The van der Waals surface area contributed by atoms with Gasteiger partial charge < -0.3 is 14.2 Å². The van der Waals surface area contributed by atoms with Gasteiger partial charge in [0.2, 0.25) is 15.9 Å². The molecule has 0 spiro atoms. The van der Waals surface area contributed by atoms with Gasteiger partial charge in [-0.25, -0.2) is 8.42 Å². The molecule has 0 radical (unpaired) electrons. The summed E-state index contributed by atoms with van der Waals surface area (Å²) in [6.07, 6.45) is 6.37. The maximum absolute atomic E-state index is 13.2. The number of carbonyl (C=O) groups is 1. The van der Waals surface area contributed by atoms with E-state index in [0.717, 1.165) is 23.0 Å². The molecule has 0 saturated carbocycles. The molecule has 3 rings (SSSR count). The number of rotatable bonds is 10. The number of pyridine rings is 2. The maximum atomic E-state index is 13.2. The minimum atomic E-state index is -3.74. The van der Waals surface area contributed by atoms with E-state index in [0.29, 0.717) is 32.8 Å². The zero-order valence-electron chi connectivity index (χ0n) is 18.5. The fourth-order valence-corrected chi connectivity index (χ4v) is 5.22. The highest BCUT2D eigenvalue weighted by molar-refractivity contribution is 7.89. The predicted molar refractivity (Wildman–Crippen MR) is 119 cm³/mol. The molecule has 1 saturated heterocycles. The molecule has 32 heavy (non-hydrogen) atoms. The number of aromatic nitrogens is 2. The van der Waals surface area contributed by atoms with E-state index < -0.39 is 15.6 Å². The first kappa shape index (κ1) is 24.1. The molecule has 1 unspecified atom stereocenters. The van der Waals surface area contributed by atoms with Crippen molar-refractivity contribution in [3.8, 4) is 0 Å². The van der Waals surface area contributed by atoms with Gasteiger partial charge in [0, 0.05) is 57.4 Å². The van der Waals surface area contributed by atoms with E-state index in [4.69, 9.17) is 4.74 Å². The molecular weight excluding hydrogens is 432 g/mol. The summed E-state index contributed by atoms with van der Waals surface area (Å²) in [7, 11) is -3.74. The first-order valence-corrected chi connectivity index (χ1v) is 12.3. The van der Waals surface area contributed by atoms with E-state index in [9.17, 15) is 18.0 Å². The molecule has 3 heterocycles. The minimum absolute atomic E-state index is 0.00784. The number of hydrogen-bond donors (Lipinski definition) is 0. The summed E-state index contributed by atoms with van der Waals surface area (Å²) in [6.45, 7) is 5.29. The summed E-state index contributed by atoms with van der Waals surface area (Å²) < 4.78 is 33.8. The van der Waals surface area contributed by atoms with Crippen LogP contribution < -0.4 is 5.56 Å². The van der Waals surface area contributed by atoms with E-state index in [-0.39, 0.29) is 23.5 Å². The fraction of sp³-hybridized carbons (Fsp3) is 0.500. The Balaban J connectivity index is 1.84. The third kappa shape index (κ3) is 5.81. The zero-order valence-corrected chi connectivity index (χ0v) is 19.3. The highest BCUT2D eigenvalue weighted by Crippen LogP contribution is 2.16. The molecule has 1 fully saturated rings. The molecule has 0 bridgehead atoms. The van der Waals surface area contributed by atoms with Crippen LogP contribution in [0.3, 0.4) is 0 Å². The largest absolute Gasteiger partial charge is 0.376 e. The summed E-state index contributed by atoms with van der Waals surface area (Å²) in [5, 5.41) is 0. The van der Waals surface area contributed by atoms with Gasteiger partial charge in [0.1, 0.15) is 6.54 Å². The van der Waals surface area contributed by atoms with Crippen LogP contribution in [0.1, 0.15) is 32.3 Å². The Morgan fingerprint density at radius 3 is 2.66 bits per heavy atom. The third-order valence-electron chi connectivity index (χ3n) is 5.50. The van der Waals surface area contributed by atoms with Crippen LogP contribution in [0.4, 0.5) is 0 Å². The molecule has 0 N–H and O–H groups in total. The first-order chi connectivity index (χ1) is 15.3. The van der Waals surface area contributed by atoms with Crippen LogP contribution in [-0.2, 0) is 32.6 Å². The van der Waals surface area contributed by atoms with Crippen LogP contribution in [-0.4, -0.2) is 65.4 Å². The second-order valence-corrected chi connectivity index (χ2v) is 9.63. The number of nitrogens with zero attached hydrogens (tertiary/aromatic N) is 4. The second-order valence-electron chi connectivity index (χ2n) is 7.69. The van der Waals surface area contributed by atoms with E-state index in [1.54, 1.807) is 37.2 Å². The van der Waals surface area contributed by atoms with Crippen molar-refractivity contribution < 1.29 is 17.9 Å². The van der Waals surface area contributed by atoms with Crippen molar-refractivity contribution in [1.82, 2.24) is 18.8 Å². The third-order valence-corrected chi connectivity index (χ3v) is 7.54. The molecule has 10 heteroatoms. The summed E-state index contributed by atoms with van der Waals surface area (Å²) in [6, 6.07) is 6.16. The quantitative estimate of drug-likeness (QED) is 0.530. The van der Waals surface area contributed by atoms with Crippen molar-refractivity contribution in [1.29, 1.82) is 0 Å². The summed E-state index contributed by atoms with van der Waals surface area (Å²) in [5.41, 5.74) is 0.430. The van der Waals surface area contributed by atoms with E-state index in [2.05, 4.69) is 4.98 Å². The Labute approximate surface area is 188 Å². The molecule has 9 nitrogen and oxygen atoms in total. The molecule has 1 atom stereocenters. The maximum Gasteiger partial charge on any atom is 0.251 e. The fourth-order valence-electron chi connectivity index (χ4n) is 3.74. The van der Waals surface area contributed by atoms with Gasteiger partial charge in [0.25, 0.3) is 5.56 Å². The lowest BCUT2D eigenvalue weighted by atomic mass is 10.2. The number of sulfonamides is 1. The Hall–Kier alpha value is -2.56. The Morgan fingerprint density at radius 2 is 2.03 bits per heavy atom. The van der Waals surface area contributed by atoms with Crippen molar-refractivity contribution in [3.05, 3.63) is 58.8 Å². The average Bonchev–Trinajstić information content (AvgIpc) is 3.29. The molecule has 1 aliphatic rings. The van der Waals surface area contributed by atoms with Gasteiger partial charge in [0.15, 0.2) is 0 Å². The summed E-state index contributed by atoms with van der Waals surface area (Å²) in [4.78, 5) is 31.4. The predicted octanol–water partition coefficient (Wildman–Crippen LogP) is 1.48. The Bertz CT molecular complexity index is 1060. The molecule has 0 aliphatic carbocycles. The van der Waals surface area contributed by atoms with E-state index in [1.807, 2.05) is 6.07 Å². The molecular formula is C22H30N4O5S. The van der Waals surface area contributed by atoms with Gasteiger partial charge in [-0.3, -0.25) is 14.6 Å². The summed E-state index contributed by atoms with van der Waals surface area (Å²) in [5.74, 6) is -0.288. The van der Waals surface area contributed by atoms with Gasteiger partial charge in [-0.2, -0.15) is 4.31 Å². The van der Waals surface area contributed by atoms with Crippen LogP contribution in [0.2, 0.25) is 0 Å². The Kier molecular flexibility index (Phi) is 8.16. The zero-order chi connectivity index (χ0) is 23.1. The molecule has 1 aliphatic heterocycles. The normalized spacial score (nSPS) is 16.4. The molecule has 2 aromatic rings. The van der Waals surface area contributed by atoms with Crippen LogP contribution in [0.25, 0.3) is 0 Å². The van der Waals surface area contributed by atoms with Gasteiger partial charge in [-0.1, -0.05) is 19.9 Å². The molecule has 1 amide bonds. The summed E-state index contributed by atoms with van der Waals surface area (Å²) >= 11 is 0. The van der Waals surface area contributed by atoms with Crippen LogP contribution in [0.5, 0.6) is 0 Å². The van der Waals surface area contributed by atoms with E-state index in [1.165, 1.54) is 22.6 Å². The number of amides is 1. The van der Waals surface area contributed by atoms with Crippen molar-refractivity contribution in [2.24, 2.45) is 0 Å². The van der Waals surface area contributed by atoms with Gasteiger partial charge in [-0.05, 0) is 30.5 Å². The lowest BCUT2D eigenvalue weighted by Gasteiger charge is -2.26. The van der Waals surface area contributed by atoms with Crippen LogP contribution in [0, 0.1) is 0 Å². The lowest BCUT2D eigenvalue weighted by molar-refractivity contribution is -0.134. The molecule has 174 valence electrons. The number of hydrogen-bond acceptors (Lipinski definition) is 6. The average molecular weight is 463 g/mol. The topological polar surface area (TPSA) is 102 Å². The molecule has 0 aromatic carbocycles. The number of carbonyl (C=O) groups excluding carboxylic acids is 1. The smallest absolute Gasteiger partial charge is 0.251 e. The minimum Gasteiger partial charge on any atom is -0.376 e. The van der Waals surface area contributed by atoms with Crippen molar-refractivity contribution in [3.63, 3.8) is 0 Å². The van der Waals surface area contributed by atoms with Gasteiger partial charge >= 0.3 is 0 Å². The molecule has 2 aromatic heterocycles. The standard InChI is InChI=1S/C22H30N4O5S/c1-3-26(4-2)32(29,30)20-9-10-21(27)25(16-20)17-22(28)24(15-19-8-6-12-31-19)14-18-7-5-11-23-13-18/h5,7,9-11,13,16,19H,3-4,6,8,12,14-15,17H2,1-2H3. The SMILES string of the molecule is CCN(CC)S(=O)(=O)c1ccc(=O)n(CC(=O)N(Cc2cccnc2)CC2CCCO2)c1. The highest BCUT2D eigenvalue weighted by Gasteiger charge is 2.25. The first-order valence-electron chi connectivity index (χ1n) is 10.8. The number of ether oxygens (including phenoxy) is 1. The van der Waals surface area contributed by atoms with Crippen molar-refractivity contribution in [2.75, 3.05) is 26.2 Å². The van der Waals surface area contributed by atoms with Crippen LogP contribution in [0.15, 0.2) is 52.5 Å². The van der Waals surface area contributed by atoms with Crippen molar-refractivity contribution >= 4 is 15.9 Å². The Morgan fingerprint density at radius 1 is 1.25 bits per heavy atom. The highest BCUT2D eigenvalue weighted by atomic mass is 32.2. The van der Waals surface area contributed by atoms with Crippen LogP contribution >= 0.6 is 0 Å². The second kappa shape index (κ2) is 10.8. The van der Waals surface area contributed by atoms with Gasteiger partial charge in [-0.15, -0.1) is 0 Å². The van der Waals surface area contributed by atoms with Gasteiger partial charge in [0.05, 0.1) is 11.0 Å². The lowest BCUT2D eigenvalue weighted by Crippen LogP contribution is -2.40.